The smallest absolute Gasteiger partial charge is 0.338 e. The third-order valence-corrected chi connectivity index (χ3v) is 4.55. The highest BCUT2D eigenvalue weighted by atomic mass is 16.5. The number of anilines is 1. The van der Waals surface area contributed by atoms with Crippen molar-refractivity contribution in [2.24, 2.45) is 0 Å². The molecular weight excluding hydrogens is 316 g/mol. The van der Waals surface area contributed by atoms with Crippen molar-refractivity contribution in [1.29, 1.82) is 0 Å². The number of carbonyl (C=O) groups is 2. The lowest BCUT2D eigenvalue weighted by Crippen LogP contribution is -2.15. The highest BCUT2D eigenvalue weighted by Crippen LogP contribution is 2.38. The van der Waals surface area contributed by atoms with E-state index in [0.29, 0.717) is 18.2 Å². The third kappa shape index (κ3) is 3.76. The van der Waals surface area contributed by atoms with Gasteiger partial charge < -0.3 is 14.6 Å². The molecular formula is C20H24N2O3. The van der Waals surface area contributed by atoms with E-state index in [2.05, 4.69) is 16.8 Å². The van der Waals surface area contributed by atoms with Crippen LogP contribution in [0.3, 0.4) is 0 Å². The van der Waals surface area contributed by atoms with Crippen LogP contribution in [-0.2, 0) is 4.74 Å². The predicted molar refractivity (Wildman–Crippen MR) is 97.4 cm³/mol. The number of carbonyl (C=O) groups excluding carboxylic acids is 2. The first kappa shape index (κ1) is 17.3. The molecule has 25 heavy (non-hydrogen) atoms. The number of benzene rings is 1. The number of aryl methyl sites for hydroxylation is 1. The summed E-state index contributed by atoms with van der Waals surface area (Å²) in [7, 11) is 0. The minimum Gasteiger partial charge on any atom is -0.462 e. The van der Waals surface area contributed by atoms with E-state index in [0.717, 1.165) is 22.6 Å². The molecule has 1 fully saturated rings. The minimum atomic E-state index is -0.336. The number of Topliss-reactive ketones (excluding diaryl/α,β-unsaturated/α-hetero) is 1. The lowest BCUT2D eigenvalue weighted by molar-refractivity contribution is 0.0526. The summed E-state index contributed by atoms with van der Waals surface area (Å²) < 4.78 is 7.24. The zero-order valence-corrected chi connectivity index (χ0v) is 15.0. The number of ketones is 1. The molecule has 0 bridgehead atoms. The molecule has 1 aromatic heterocycles. The summed E-state index contributed by atoms with van der Waals surface area (Å²) in [4.78, 5) is 24.2. The highest BCUT2D eigenvalue weighted by Gasteiger charge is 2.28. The molecule has 5 nitrogen and oxygen atoms in total. The van der Waals surface area contributed by atoms with E-state index in [1.807, 2.05) is 13.0 Å². The largest absolute Gasteiger partial charge is 0.462 e. The SMILES string of the molecule is CCOC(=O)c1ccc(NCC(=O)c2cc(C)n(C3CC3)c2C)cc1. The maximum absolute atomic E-state index is 12.6. The van der Waals surface area contributed by atoms with E-state index in [4.69, 9.17) is 4.74 Å². The number of esters is 1. The topological polar surface area (TPSA) is 60.3 Å². The van der Waals surface area contributed by atoms with Gasteiger partial charge in [-0.3, -0.25) is 4.79 Å². The van der Waals surface area contributed by atoms with Crippen LogP contribution < -0.4 is 5.32 Å². The zero-order chi connectivity index (χ0) is 18.0. The summed E-state index contributed by atoms with van der Waals surface area (Å²) >= 11 is 0. The molecule has 1 heterocycles. The average Bonchev–Trinajstić information content (AvgIpc) is 3.38. The molecule has 132 valence electrons. The Balaban J connectivity index is 1.63. The molecule has 1 aliphatic rings. The Kier molecular flexibility index (Phi) is 4.93. The lowest BCUT2D eigenvalue weighted by atomic mass is 10.1. The number of hydrogen-bond acceptors (Lipinski definition) is 4. The van der Waals surface area contributed by atoms with E-state index in [1.165, 1.54) is 12.8 Å². The first-order valence-electron chi connectivity index (χ1n) is 8.74. The molecule has 0 saturated heterocycles. The number of rotatable bonds is 7. The van der Waals surface area contributed by atoms with Crippen LogP contribution in [0.15, 0.2) is 30.3 Å². The van der Waals surface area contributed by atoms with Crippen molar-refractivity contribution in [1.82, 2.24) is 4.57 Å². The summed E-state index contributed by atoms with van der Waals surface area (Å²) in [5.41, 5.74) is 4.32. The van der Waals surface area contributed by atoms with Gasteiger partial charge in [-0.2, -0.15) is 0 Å². The molecule has 3 rings (SSSR count). The molecule has 0 aliphatic heterocycles. The van der Waals surface area contributed by atoms with Crippen molar-refractivity contribution in [3.63, 3.8) is 0 Å². The Bertz CT molecular complexity index is 786. The first-order valence-corrected chi connectivity index (χ1v) is 8.74. The van der Waals surface area contributed by atoms with Crippen LogP contribution in [0.25, 0.3) is 0 Å². The van der Waals surface area contributed by atoms with Gasteiger partial charge in [0.15, 0.2) is 5.78 Å². The molecule has 1 saturated carbocycles. The van der Waals surface area contributed by atoms with Gasteiger partial charge in [0.2, 0.25) is 0 Å². The molecule has 2 aromatic rings. The maximum atomic E-state index is 12.6. The molecule has 1 N–H and O–H groups in total. The normalized spacial score (nSPS) is 13.6. The zero-order valence-electron chi connectivity index (χ0n) is 15.0. The van der Waals surface area contributed by atoms with Crippen LogP contribution in [0, 0.1) is 13.8 Å². The summed E-state index contributed by atoms with van der Waals surface area (Å²) in [5, 5.41) is 3.13. The molecule has 0 atom stereocenters. The fourth-order valence-corrected chi connectivity index (χ4v) is 3.17. The Morgan fingerprint density at radius 1 is 1.20 bits per heavy atom. The summed E-state index contributed by atoms with van der Waals surface area (Å²) in [6.45, 7) is 6.44. The van der Waals surface area contributed by atoms with Gasteiger partial charge in [0, 0.05) is 28.7 Å². The highest BCUT2D eigenvalue weighted by molar-refractivity contribution is 6.00. The fraction of sp³-hybridized carbons (Fsp3) is 0.400. The molecule has 0 amide bonds. The van der Waals surface area contributed by atoms with Crippen LogP contribution in [0.5, 0.6) is 0 Å². The van der Waals surface area contributed by atoms with Crippen molar-refractivity contribution in [2.75, 3.05) is 18.5 Å². The van der Waals surface area contributed by atoms with E-state index in [-0.39, 0.29) is 18.3 Å². The average molecular weight is 340 g/mol. The Morgan fingerprint density at radius 3 is 2.48 bits per heavy atom. The second-order valence-corrected chi connectivity index (χ2v) is 6.46. The standard InChI is InChI=1S/C20H24N2O3/c1-4-25-20(24)15-5-7-16(8-6-15)21-12-19(23)18-11-13(2)22(14(18)3)17-9-10-17/h5-8,11,17,21H,4,9-10,12H2,1-3H3. The van der Waals surface area contributed by atoms with Crippen LogP contribution in [0.1, 0.15) is 57.9 Å². The van der Waals surface area contributed by atoms with Gasteiger partial charge in [-0.25, -0.2) is 4.79 Å². The van der Waals surface area contributed by atoms with Crippen molar-refractivity contribution < 1.29 is 14.3 Å². The fourth-order valence-electron chi connectivity index (χ4n) is 3.17. The quantitative estimate of drug-likeness (QED) is 0.613. The van der Waals surface area contributed by atoms with Gasteiger partial charge in [0.25, 0.3) is 0 Å². The summed E-state index contributed by atoms with van der Waals surface area (Å²) in [6, 6.07) is 9.53. The van der Waals surface area contributed by atoms with Crippen LogP contribution in [0.4, 0.5) is 5.69 Å². The first-order chi connectivity index (χ1) is 12.0. The number of ether oxygens (including phenoxy) is 1. The number of nitrogens with zero attached hydrogens (tertiary/aromatic N) is 1. The number of hydrogen-bond donors (Lipinski definition) is 1. The van der Waals surface area contributed by atoms with Crippen LogP contribution >= 0.6 is 0 Å². The Morgan fingerprint density at radius 2 is 1.88 bits per heavy atom. The van der Waals surface area contributed by atoms with E-state index in [9.17, 15) is 9.59 Å². The van der Waals surface area contributed by atoms with Gasteiger partial charge >= 0.3 is 5.97 Å². The molecule has 1 aromatic carbocycles. The predicted octanol–water partition coefficient (Wildman–Crippen LogP) is 3.91. The summed E-state index contributed by atoms with van der Waals surface area (Å²) in [6.07, 6.45) is 2.41. The van der Waals surface area contributed by atoms with E-state index < -0.39 is 0 Å². The van der Waals surface area contributed by atoms with Crippen molar-refractivity contribution in [3.05, 3.63) is 52.8 Å². The van der Waals surface area contributed by atoms with Crippen molar-refractivity contribution in [3.8, 4) is 0 Å². The summed E-state index contributed by atoms with van der Waals surface area (Å²) in [5.74, 6) is -0.257. The molecule has 0 unspecified atom stereocenters. The maximum Gasteiger partial charge on any atom is 0.338 e. The molecule has 5 heteroatoms. The second kappa shape index (κ2) is 7.13. The second-order valence-electron chi connectivity index (χ2n) is 6.46. The number of aromatic nitrogens is 1. The monoisotopic (exact) mass is 340 g/mol. The lowest BCUT2D eigenvalue weighted by Gasteiger charge is -2.09. The van der Waals surface area contributed by atoms with Gasteiger partial charge in [-0.1, -0.05) is 0 Å². The Hall–Kier alpha value is -2.56. The molecule has 0 spiro atoms. The van der Waals surface area contributed by atoms with Crippen LogP contribution in [-0.4, -0.2) is 29.5 Å². The third-order valence-electron chi connectivity index (χ3n) is 4.55. The van der Waals surface area contributed by atoms with E-state index >= 15 is 0 Å². The molecule has 1 aliphatic carbocycles. The van der Waals surface area contributed by atoms with Gasteiger partial charge in [-0.15, -0.1) is 0 Å². The van der Waals surface area contributed by atoms with Crippen molar-refractivity contribution in [2.45, 2.75) is 39.7 Å². The molecule has 0 radical (unpaired) electrons. The number of nitrogens with one attached hydrogen (secondary N) is 1. The van der Waals surface area contributed by atoms with Gasteiger partial charge in [0.05, 0.1) is 18.7 Å². The van der Waals surface area contributed by atoms with Crippen molar-refractivity contribution >= 4 is 17.4 Å². The van der Waals surface area contributed by atoms with Crippen LogP contribution in [0.2, 0.25) is 0 Å². The van der Waals surface area contributed by atoms with Gasteiger partial charge in [0.1, 0.15) is 0 Å². The van der Waals surface area contributed by atoms with E-state index in [1.54, 1.807) is 31.2 Å². The van der Waals surface area contributed by atoms with Gasteiger partial charge in [-0.05, 0) is 63.9 Å². The minimum absolute atomic E-state index is 0.0782. The Labute approximate surface area is 148 Å².